The lowest BCUT2D eigenvalue weighted by atomic mass is 10.2. The van der Waals surface area contributed by atoms with Crippen LogP contribution in [-0.2, 0) is 9.47 Å². The molecular weight excluding hydrogens is 140 g/mol. The van der Waals surface area contributed by atoms with E-state index in [-0.39, 0.29) is 6.29 Å². The van der Waals surface area contributed by atoms with E-state index >= 15 is 0 Å². The summed E-state index contributed by atoms with van der Waals surface area (Å²) < 4.78 is 10.8. The van der Waals surface area contributed by atoms with Crippen LogP contribution in [0.2, 0.25) is 0 Å². The Kier molecular flexibility index (Phi) is 4.24. The highest BCUT2D eigenvalue weighted by Gasteiger charge is 2.12. The van der Waals surface area contributed by atoms with E-state index in [2.05, 4.69) is 6.58 Å². The van der Waals surface area contributed by atoms with Gasteiger partial charge in [-0.2, -0.15) is 0 Å². The van der Waals surface area contributed by atoms with Gasteiger partial charge in [-0.1, -0.05) is 6.08 Å². The summed E-state index contributed by atoms with van der Waals surface area (Å²) in [6.07, 6.45) is 6.31. The summed E-state index contributed by atoms with van der Waals surface area (Å²) in [6.45, 7) is 5.23. The maximum Gasteiger partial charge on any atom is 0.157 e. The van der Waals surface area contributed by atoms with Crippen LogP contribution in [-0.4, -0.2) is 19.5 Å². The van der Waals surface area contributed by atoms with Crippen molar-refractivity contribution in [1.29, 1.82) is 0 Å². The second-order valence-corrected chi connectivity index (χ2v) is 2.74. The quantitative estimate of drug-likeness (QED) is 0.458. The first-order valence-corrected chi connectivity index (χ1v) is 4.27. The molecule has 11 heavy (non-hydrogen) atoms. The first-order chi connectivity index (χ1) is 5.43. The van der Waals surface area contributed by atoms with E-state index in [1.165, 1.54) is 12.8 Å². The Labute approximate surface area is 68.2 Å². The molecule has 0 bridgehead atoms. The third-order valence-corrected chi connectivity index (χ3v) is 1.76. The van der Waals surface area contributed by atoms with E-state index in [0.717, 1.165) is 26.1 Å². The molecule has 0 amide bonds. The molecule has 0 aliphatic carbocycles. The normalized spacial score (nSPS) is 24.9. The van der Waals surface area contributed by atoms with Crippen LogP contribution in [0.15, 0.2) is 12.7 Å². The summed E-state index contributed by atoms with van der Waals surface area (Å²) in [5, 5.41) is 0. The zero-order chi connectivity index (χ0) is 7.94. The fraction of sp³-hybridized carbons (Fsp3) is 0.778. The van der Waals surface area contributed by atoms with Gasteiger partial charge in [0.2, 0.25) is 0 Å². The highest BCUT2D eigenvalue weighted by molar-refractivity contribution is 4.65. The standard InChI is InChI=1S/C9H16O2/c1-2-3-7-10-9-6-4-5-8-11-9/h2,9H,1,3-8H2/t9-/m1/s1. The summed E-state index contributed by atoms with van der Waals surface area (Å²) in [6, 6.07) is 0. The van der Waals surface area contributed by atoms with Gasteiger partial charge in [0.15, 0.2) is 6.29 Å². The molecule has 2 nitrogen and oxygen atoms in total. The Balaban J connectivity index is 2.00. The molecule has 1 rings (SSSR count). The molecule has 0 N–H and O–H groups in total. The molecule has 0 saturated carbocycles. The molecule has 0 unspecified atom stereocenters. The van der Waals surface area contributed by atoms with E-state index < -0.39 is 0 Å². The van der Waals surface area contributed by atoms with E-state index in [9.17, 15) is 0 Å². The van der Waals surface area contributed by atoms with Crippen molar-refractivity contribution in [3.05, 3.63) is 12.7 Å². The van der Waals surface area contributed by atoms with Gasteiger partial charge in [-0.25, -0.2) is 0 Å². The highest BCUT2D eigenvalue weighted by atomic mass is 16.7. The number of hydrogen-bond donors (Lipinski definition) is 0. The summed E-state index contributed by atoms with van der Waals surface area (Å²) >= 11 is 0. The molecule has 0 spiro atoms. The Morgan fingerprint density at radius 3 is 3.09 bits per heavy atom. The van der Waals surface area contributed by atoms with Crippen molar-refractivity contribution in [2.45, 2.75) is 32.0 Å². The maximum atomic E-state index is 5.43. The molecule has 0 aromatic heterocycles. The van der Waals surface area contributed by atoms with Gasteiger partial charge >= 0.3 is 0 Å². The van der Waals surface area contributed by atoms with E-state index in [4.69, 9.17) is 9.47 Å². The molecule has 0 aromatic carbocycles. The smallest absolute Gasteiger partial charge is 0.157 e. The SMILES string of the molecule is C=CCCO[C@H]1CCCCO1. The summed E-state index contributed by atoms with van der Waals surface area (Å²) in [7, 11) is 0. The lowest BCUT2D eigenvalue weighted by Crippen LogP contribution is -2.22. The summed E-state index contributed by atoms with van der Waals surface area (Å²) in [5.74, 6) is 0. The molecule has 1 aliphatic rings. The minimum atomic E-state index is 0.0590. The van der Waals surface area contributed by atoms with Gasteiger partial charge in [0, 0.05) is 6.61 Å². The van der Waals surface area contributed by atoms with Crippen LogP contribution >= 0.6 is 0 Å². The van der Waals surface area contributed by atoms with E-state index in [1.807, 2.05) is 6.08 Å². The summed E-state index contributed by atoms with van der Waals surface area (Å²) in [5.41, 5.74) is 0. The van der Waals surface area contributed by atoms with Crippen molar-refractivity contribution in [2.75, 3.05) is 13.2 Å². The van der Waals surface area contributed by atoms with Crippen molar-refractivity contribution >= 4 is 0 Å². The predicted molar refractivity (Wildman–Crippen MR) is 44.4 cm³/mol. The van der Waals surface area contributed by atoms with Gasteiger partial charge in [-0.3, -0.25) is 0 Å². The molecule has 1 saturated heterocycles. The molecule has 2 heteroatoms. The Bertz CT molecular complexity index is 106. The average molecular weight is 156 g/mol. The average Bonchev–Trinajstić information content (AvgIpc) is 2.07. The number of ether oxygens (including phenoxy) is 2. The monoisotopic (exact) mass is 156 g/mol. The van der Waals surface area contributed by atoms with Crippen LogP contribution in [0.25, 0.3) is 0 Å². The fourth-order valence-corrected chi connectivity index (χ4v) is 1.13. The molecule has 1 fully saturated rings. The highest BCUT2D eigenvalue weighted by Crippen LogP contribution is 2.13. The van der Waals surface area contributed by atoms with Crippen LogP contribution in [0.1, 0.15) is 25.7 Å². The number of hydrogen-bond acceptors (Lipinski definition) is 2. The van der Waals surface area contributed by atoms with Crippen molar-refractivity contribution in [3.63, 3.8) is 0 Å². The fourth-order valence-electron chi connectivity index (χ4n) is 1.13. The minimum absolute atomic E-state index is 0.0590. The second-order valence-electron chi connectivity index (χ2n) is 2.74. The van der Waals surface area contributed by atoms with Crippen LogP contribution in [0.3, 0.4) is 0 Å². The van der Waals surface area contributed by atoms with Crippen LogP contribution in [0, 0.1) is 0 Å². The van der Waals surface area contributed by atoms with Gasteiger partial charge in [-0.05, 0) is 25.7 Å². The second kappa shape index (κ2) is 5.33. The molecule has 1 aliphatic heterocycles. The largest absolute Gasteiger partial charge is 0.353 e. The Morgan fingerprint density at radius 2 is 2.45 bits per heavy atom. The minimum Gasteiger partial charge on any atom is -0.353 e. The molecule has 0 aromatic rings. The predicted octanol–water partition coefficient (Wildman–Crippen LogP) is 2.11. The van der Waals surface area contributed by atoms with Crippen LogP contribution in [0.5, 0.6) is 0 Å². The third kappa shape index (κ3) is 3.54. The van der Waals surface area contributed by atoms with Crippen molar-refractivity contribution in [2.24, 2.45) is 0 Å². The van der Waals surface area contributed by atoms with Gasteiger partial charge in [0.1, 0.15) is 0 Å². The zero-order valence-electron chi connectivity index (χ0n) is 6.92. The number of rotatable bonds is 4. The Hall–Kier alpha value is -0.340. The van der Waals surface area contributed by atoms with Gasteiger partial charge < -0.3 is 9.47 Å². The molecule has 1 heterocycles. The maximum absolute atomic E-state index is 5.43. The lowest BCUT2D eigenvalue weighted by molar-refractivity contribution is -0.161. The van der Waals surface area contributed by atoms with Crippen LogP contribution < -0.4 is 0 Å². The summed E-state index contributed by atoms with van der Waals surface area (Å²) in [4.78, 5) is 0. The molecular formula is C9H16O2. The first-order valence-electron chi connectivity index (χ1n) is 4.27. The molecule has 1 atom stereocenters. The first kappa shape index (κ1) is 8.75. The van der Waals surface area contributed by atoms with Gasteiger partial charge in [0.25, 0.3) is 0 Å². The third-order valence-electron chi connectivity index (χ3n) is 1.76. The van der Waals surface area contributed by atoms with Crippen molar-refractivity contribution in [3.8, 4) is 0 Å². The molecule has 64 valence electrons. The zero-order valence-corrected chi connectivity index (χ0v) is 6.92. The van der Waals surface area contributed by atoms with E-state index in [0.29, 0.717) is 0 Å². The molecule has 0 radical (unpaired) electrons. The van der Waals surface area contributed by atoms with Crippen molar-refractivity contribution in [1.82, 2.24) is 0 Å². The van der Waals surface area contributed by atoms with Crippen molar-refractivity contribution < 1.29 is 9.47 Å². The van der Waals surface area contributed by atoms with Crippen LogP contribution in [0.4, 0.5) is 0 Å². The van der Waals surface area contributed by atoms with Gasteiger partial charge in [0.05, 0.1) is 6.61 Å². The topological polar surface area (TPSA) is 18.5 Å². The van der Waals surface area contributed by atoms with Gasteiger partial charge in [-0.15, -0.1) is 6.58 Å². The van der Waals surface area contributed by atoms with E-state index in [1.54, 1.807) is 0 Å². The Morgan fingerprint density at radius 1 is 1.55 bits per heavy atom. The lowest BCUT2D eigenvalue weighted by Gasteiger charge is -2.22.